The van der Waals surface area contributed by atoms with E-state index in [2.05, 4.69) is 10.6 Å². The quantitative estimate of drug-likeness (QED) is 0.684. The molecule has 0 aliphatic rings. The molecule has 0 atom stereocenters. The number of methoxy groups -OCH3 is 3. The van der Waals surface area contributed by atoms with E-state index in [9.17, 15) is 4.79 Å². The molecule has 140 valence electrons. The predicted octanol–water partition coefficient (Wildman–Crippen LogP) is 3.57. The number of rotatable bonds is 8. The van der Waals surface area contributed by atoms with E-state index >= 15 is 0 Å². The fourth-order valence-electron chi connectivity index (χ4n) is 2.24. The number of nitrogens with one attached hydrogen (secondary N) is 2. The smallest absolute Gasteiger partial charge is 0.319 e. The van der Waals surface area contributed by atoms with Crippen LogP contribution in [0.3, 0.4) is 0 Å². The van der Waals surface area contributed by atoms with Crippen LogP contribution in [0.1, 0.15) is 0 Å². The second kappa shape index (κ2) is 9.62. The van der Waals surface area contributed by atoms with Crippen molar-refractivity contribution < 1.29 is 23.7 Å². The zero-order valence-corrected chi connectivity index (χ0v) is 15.6. The number of amides is 2. The number of ether oxygens (including phenoxy) is 4. The number of anilines is 1. The molecule has 0 unspecified atom stereocenters. The van der Waals surface area contributed by atoms with Crippen molar-refractivity contribution in [3.05, 3.63) is 41.4 Å². The van der Waals surface area contributed by atoms with Crippen molar-refractivity contribution in [3.63, 3.8) is 0 Å². The van der Waals surface area contributed by atoms with E-state index in [4.69, 9.17) is 30.5 Å². The van der Waals surface area contributed by atoms with Crippen LogP contribution in [0.5, 0.6) is 23.0 Å². The molecule has 0 aliphatic carbocycles. The summed E-state index contributed by atoms with van der Waals surface area (Å²) >= 11 is 5.94. The Labute approximate surface area is 157 Å². The Kier molecular flexibility index (Phi) is 7.23. The van der Waals surface area contributed by atoms with Crippen molar-refractivity contribution in [2.45, 2.75) is 0 Å². The molecular formula is C18H21ClN2O5. The van der Waals surface area contributed by atoms with E-state index in [1.807, 2.05) is 0 Å². The minimum absolute atomic E-state index is 0.254. The largest absolute Gasteiger partial charge is 0.495 e. The van der Waals surface area contributed by atoms with Crippen LogP contribution in [0.4, 0.5) is 10.5 Å². The molecule has 0 aromatic heterocycles. The van der Waals surface area contributed by atoms with Crippen LogP contribution in [0.15, 0.2) is 36.4 Å². The van der Waals surface area contributed by atoms with E-state index in [1.54, 1.807) is 43.5 Å². The number of para-hydroxylation sites is 1. The Morgan fingerprint density at radius 3 is 2.42 bits per heavy atom. The highest BCUT2D eigenvalue weighted by molar-refractivity contribution is 6.31. The molecule has 0 radical (unpaired) electrons. The van der Waals surface area contributed by atoms with Crippen LogP contribution < -0.4 is 29.6 Å². The van der Waals surface area contributed by atoms with Gasteiger partial charge >= 0.3 is 6.03 Å². The van der Waals surface area contributed by atoms with Gasteiger partial charge in [-0.3, -0.25) is 0 Å². The molecular weight excluding hydrogens is 360 g/mol. The van der Waals surface area contributed by atoms with E-state index in [-0.39, 0.29) is 13.2 Å². The molecule has 0 spiro atoms. The Morgan fingerprint density at radius 2 is 1.73 bits per heavy atom. The molecule has 26 heavy (non-hydrogen) atoms. The van der Waals surface area contributed by atoms with Crippen molar-refractivity contribution in [2.75, 3.05) is 39.8 Å². The minimum atomic E-state index is -0.397. The maximum absolute atomic E-state index is 12.0. The first-order valence-corrected chi connectivity index (χ1v) is 8.19. The van der Waals surface area contributed by atoms with Gasteiger partial charge in [0, 0.05) is 5.02 Å². The summed E-state index contributed by atoms with van der Waals surface area (Å²) in [5.74, 6) is 2.12. The highest BCUT2D eigenvalue weighted by Crippen LogP contribution is 2.36. The number of carbonyl (C=O) groups excluding carboxylic acids is 1. The first-order valence-electron chi connectivity index (χ1n) is 7.81. The third-order valence-electron chi connectivity index (χ3n) is 3.42. The van der Waals surface area contributed by atoms with E-state index < -0.39 is 6.03 Å². The molecule has 8 heteroatoms. The first kappa shape index (κ1) is 19.5. The molecule has 7 nitrogen and oxygen atoms in total. The van der Waals surface area contributed by atoms with E-state index in [0.717, 1.165) is 0 Å². The summed E-state index contributed by atoms with van der Waals surface area (Å²) < 4.78 is 21.3. The number of hydrogen-bond donors (Lipinski definition) is 2. The second-order valence-corrected chi connectivity index (χ2v) is 5.50. The summed E-state index contributed by atoms with van der Waals surface area (Å²) in [6.45, 7) is 0.540. The van der Waals surface area contributed by atoms with Gasteiger partial charge in [0.05, 0.1) is 33.6 Å². The van der Waals surface area contributed by atoms with Crippen molar-refractivity contribution in [3.8, 4) is 23.0 Å². The van der Waals surface area contributed by atoms with Gasteiger partial charge < -0.3 is 29.6 Å². The molecule has 2 amide bonds. The Hall–Kier alpha value is -2.80. The third kappa shape index (κ3) is 5.10. The lowest BCUT2D eigenvalue weighted by atomic mass is 10.3. The molecule has 0 aliphatic heterocycles. The summed E-state index contributed by atoms with van der Waals surface area (Å²) in [5.41, 5.74) is 0.480. The number of halogens is 1. The van der Waals surface area contributed by atoms with E-state index in [0.29, 0.717) is 33.7 Å². The summed E-state index contributed by atoms with van der Waals surface area (Å²) in [4.78, 5) is 12.0. The zero-order chi connectivity index (χ0) is 18.9. The van der Waals surface area contributed by atoms with Gasteiger partial charge in [-0.2, -0.15) is 0 Å². The van der Waals surface area contributed by atoms with Crippen LogP contribution in [0.2, 0.25) is 5.02 Å². The first-order chi connectivity index (χ1) is 12.6. The van der Waals surface area contributed by atoms with Crippen molar-refractivity contribution in [1.82, 2.24) is 5.32 Å². The lowest BCUT2D eigenvalue weighted by molar-refractivity contribution is 0.245. The lowest BCUT2D eigenvalue weighted by Crippen LogP contribution is -2.32. The molecule has 2 N–H and O–H groups in total. The molecule has 0 saturated heterocycles. The SMILES string of the molecule is COc1ccc(Cl)cc1NC(=O)NCCOc1cccc(OC)c1OC. The van der Waals surface area contributed by atoms with Gasteiger partial charge in [-0.1, -0.05) is 17.7 Å². The van der Waals surface area contributed by atoms with Crippen LogP contribution in [0.25, 0.3) is 0 Å². The number of carbonyl (C=O) groups is 1. The van der Waals surface area contributed by atoms with Gasteiger partial charge in [0.2, 0.25) is 5.75 Å². The van der Waals surface area contributed by atoms with Crippen molar-refractivity contribution in [1.29, 1.82) is 0 Å². The van der Waals surface area contributed by atoms with E-state index in [1.165, 1.54) is 14.2 Å². The molecule has 2 aromatic carbocycles. The molecule has 0 fully saturated rings. The molecule has 2 rings (SSSR count). The Bertz CT molecular complexity index is 754. The van der Waals surface area contributed by atoms with Crippen LogP contribution >= 0.6 is 11.6 Å². The van der Waals surface area contributed by atoms with Crippen LogP contribution in [0, 0.1) is 0 Å². The summed E-state index contributed by atoms with van der Waals surface area (Å²) in [7, 11) is 4.61. The van der Waals surface area contributed by atoms with Gasteiger partial charge in [-0.25, -0.2) is 4.79 Å². The van der Waals surface area contributed by atoms with Gasteiger partial charge in [-0.15, -0.1) is 0 Å². The van der Waals surface area contributed by atoms with Crippen molar-refractivity contribution >= 4 is 23.3 Å². The third-order valence-corrected chi connectivity index (χ3v) is 3.66. The Morgan fingerprint density at radius 1 is 1.00 bits per heavy atom. The molecule has 2 aromatic rings. The maximum Gasteiger partial charge on any atom is 0.319 e. The summed E-state index contributed by atoms with van der Waals surface area (Å²) in [6, 6.07) is 9.90. The number of hydrogen-bond acceptors (Lipinski definition) is 5. The number of benzene rings is 2. The highest BCUT2D eigenvalue weighted by Gasteiger charge is 2.11. The number of urea groups is 1. The zero-order valence-electron chi connectivity index (χ0n) is 14.8. The Balaban J connectivity index is 1.85. The average Bonchev–Trinajstić information content (AvgIpc) is 2.65. The molecule has 0 heterocycles. The minimum Gasteiger partial charge on any atom is -0.495 e. The highest BCUT2D eigenvalue weighted by atomic mass is 35.5. The standard InChI is InChI=1S/C18H21ClN2O5/c1-23-14-8-7-12(19)11-13(14)21-18(22)20-9-10-26-16-6-4-5-15(24-2)17(16)25-3/h4-8,11H,9-10H2,1-3H3,(H2,20,21,22). The maximum atomic E-state index is 12.0. The normalized spacial score (nSPS) is 10.0. The van der Waals surface area contributed by atoms with Gasteiger partial charge in [0.15, 0.2) is 11.5 Å². The van der Waals surface area contributed by atoms with Crippen LogP contribution in [-0.4, -0.2) is 40.5 Å². The summed E-state index contributed by atoms with van der Waals surface area (Å²) in [6.07, 6.45) is 0. The molecule has 0 bridgehead atoms. The second-order valence-electron chi connectivity index (χ2n) is 5.07. The van der Waals surface area contributed by atoms with Crippen molar-refractivity contribution in [2.24, 2.45) is 0 Å². The predicted molar refractivity (Wildman–Crippen MR) is 100 cm³/mol. The van der Waals surface area contributed by atoms with Gasteiger partial charge in [-0.05, 0) is 30.3 Å². The van der Waals surface area contributed by atoms with Crippen LogP contribution in [-0.2, 0) is 0 Å². The lowest BCUT2D eigenvalue weighted by Gasteiger charge is -2.14. The topological polar surface area (TPSA) is 78.1 Å². The average molecular weight is 381 g/mol. The fourth-order valence-corrected chi connectivity index (χ4v) is 2.41. The van der Waals surface area contributed by atoms with Gasteiger partial charge in [0.1, 0.15) is 12.4 Å². The molecule has 0 saturated carbocycles. The fraction of sp³-hybridized carbons (Fsp3) is 0.278. The summed E-state index contributed by atoms with van der Waals surface area (Å²) in [5, 5.41) is 5.87. The monoisotopic (exact) mass is 380 g/mol. The van der Waals surface area contributed by atoms with Gasteiger partial charge in [0.25, 0.3) is 0 Å².